The Hall–Kier alpha value is -2.34. The van der Waals surface area contributed by atoms with Gasteiger partial charge in [-0.05, 0) is 56.7 Å². The van der Waals surface area contributed by atoms with E-state index in [1.54, 1.807) is 0 Å². The number of anilines is 2. The number of rotatable bonds is 13. The standard InChI is InChI=1S/C22H31ClN4O2/c1-16-20(21(29)27-22(24)26-16)9-6-14-25-18-12-10-17(11-13-18)7-4-2-3-5-8-19(28)15-23/h10-13,25H,2-9,14-15H2,1H3,(H3,24,26,27,29). The van der Waals surface area contributed by atoms with E-state index < -0.39 is 0 Å². The second kappa shape index (κ2) is 12.3. The molecular formula is C22H31ClN4O2. The van der Waals surface area contributed by atoms with Crippen molar-refractivity contribution in [3.8, 4) is 0 Å². The number of halogens is 1. The number of nitrogens with two attached hydrogens (primary N) is 1. The normalized spacial score (nSPS) is 10.8. The Balaban J connectivity index is 1.64. The molecule has 0 aliphatic carbocycles. The number of hydrogen-bond acceptors (Lipinski definition) is 5. The van der Waals surface area contributed by atoms with Gasteiger partial charge in [-0.3, -0.25) is 14.6 Å². The minimum Gasteiger partial charge on any atom is -0.385 e. The molecule has 158 valence electrons. The van der Waals surface area contributed by atoms with E-state index in [1.165, 1.54) is 5.56 Å². The Morgan fingerprint density at radius 2 is 1.83 bits per heavy atom. The van der Waals surface area contributed by atoms with Crippen molar-refractivity contribution >= 4 is 29.0 Å². The van der Waals surface area contributed by atoms with Gasteiger partial charge in [0.05, 0.1) is 5.88 Å². The summed E-state index contributed by atoms with van der Waals surface area (Å²) in [6, 6.07) is 8.49. The van der Waals surface area contributed by atoms with Crippen molar-refractivity contribution in [1.29, 1.82) is 0 Å². The summed E-state index contributed by atoms with van der Waals surface area (Å²) < 4.78 is 0. The van der Waals surface area contributed by atoms with Crippen LogP contribution in [-0.4, -0.2) is 28.2 Å². The maximum Gasteiger partial charge on any atom is 0.255 e. The van der Waals surface area contributed by atoms with Gasteiger partial charge in [-0.1, -0.05) is 25.0 Å². The SMILES string of the molecule is Cc1nc(N)[nH]c(=O)c1CCCNc1ccc(CCCCCCC(=O)CCl)cc1. The number of alkyl halides is 1. The number of ketones is 1. The molecule has 0 radical (unpaired) electrons. The molecule has 1 aromatic carbocycles. The number of nitrogen functional groups attached to an aromatic ring is 1. The highest BCUT2D eigenvalue weighted by Gasteiger charge is 2.06. The Morgan fingerprint density at radius 1 is 1.10 bits per heavy atom. The summed E-state index contributed by atoms with van der Waals surface area (Å²) in [7, 11) is 0. The van der Waals surface area contributed by atoms with Crippen LogP contribution in [0.15, 0.2) is 29.1 Å². The van der Waals surface area contributed by atoms with Crippen molar-refractivity contribution in [3.63, 3.8) is 0 Å². The Kier molecular flexibility index (Phi) is 9.71. The van der Waals surface area contributed by atoms with Gasteiger partial charge in [0, 0.05) is 29.9 Å². The zero-order valence-corrected chi connectivity index (χ0v) is 17.9. The molecule has 0 bridgehead atoms. The molecule has 2 rings (SSSR count). The molecule has 0 amide bonds. The lowest BCUT2D eigenvalue weighted by Crippen LogP contribution is -2.19. The quantitative estimate of drug-likeness (QED) is 0.337. The molecule has 0 atom stereocenters. The number of Topliss-reactive ketones (excluding diaryl/α,β-unsaturated/α-hetero) is 1. The third-order valence-electron chi connectivity index (χ3n) is 4.95. The van der Waals surface area contributed by atoms with Crippen molar-refractivity contribution in [1.82, 2.24) is 9.97 Å². The lowest BCUT2D eigenvalue weighted by atomic mass is 10.0. The van der Waals surface area contributed by atoms with Gasteiger partial charge in [0.15, 0.2) is 0 Å². The van der Waals surface area contributed by atoms with Crippen molar-refractivity contribution in [2.45, 2.75) is 58.3 Å². The first-order valence-corrected chi connectivity index (χ1v) is 10.8. The van der Waals surface area contributed by atoms with E-state index in [9.17, 15) is 9.59 Å². The first-order chi connectivity index (χ1) is 14.0. The van der Waals surface area contributed by atoms with Crippen LogP contribution in [-0.2, 0) is 17.6 Å². The second-order valence-electron chi connectivity index (χ2n) is 7.33. The van der Waals surface area contributed by atoms with Crippen molar-refractivity contribution in [2.24, 2.45) is 0 Å². The number of aromatic amines is 1. The average Bonchev–Trinajstić information content (AvgIpc) is 2.70. The number of aryl methyl sites for hydroxylation is 2. The lowest BCUT2D eigenvalue weighted by Gasteiger charge is -2.09. The minimum atomic E-state index is -0.148. The molecule has 1 aromatic heterocycles. The molecule has 0 unspecified atom stereocenters. The van der Waals surface area contributed by atoms with Crippen LogP contribution in [0.4, 0.5) is 11.6 Å². The topological polar surface area (TPSA) is 101 Å². The number of H-pyrrole nitrogens is 1. The number of nitrogens with zero attached hydrogens (tertiary/aromatic N) is 1. The zero-order chi connectivity index (χ0) is 21.1. The number of benzene rings is 1. The van der Waals surface area contributed by atoms with Gasteiger partial charge in [0.2, 0.25) is 5.95 Å². The van der Waals surface area contributed by atoms with E-state index in [0.29, 0.717) is 24.1 Å². The van der Waals surface area contributed by atoms with Crippen LogP contribution in [0.1, 0.15) is 55.3 Å². The molecule has 7 heteroatoms. The molecule has 0 saturated heterocycles. The molecule has 0 aliphatic rings. The van der Waals surface area contributed by atoms with Gasteiger partial charge < -0.3 is 11.1 Å². The summed E-state index contributed by atoms with van der Waals surface area (Å²) in [4.78, 5) is 29.7. The molecular weight excluding hydrogens is 388 g/mol. The molecule has 0 aliphatic heterocycles. The van der Waals surface area contributed by atoms with Crippen molar-refractivity contribution in [3.05, 3.63) is 51.4 Å². The largest absolute Gasteiger partial charge is 0.385 e. The molecule has 1 heterocycles. The highest BCUT2D eigenvalue weighted by Crippen LogP contribution is 2.14. The Labute approximate surface area is 177 Å². The fraction of sp³-hybridized carbons (Fsp3) is 0.500. The summed E-state index contributed by atoms with van der Waals surface area (Å²) in [5.74, 6) is 0.439. The molecule has 0 spiro atoms. The number of unbranched alkanes of at least 4 members (excludes halogenated alkanes) is 3. The minimum absolute atomic E-state index is 0.136. The summed E-state index contributed by atoms with van der Waals surface area (Å²) in [5.41, 5.74) is 9.19. The molecule has 4 N–H and O–H groups in total. The van der Waals surface area contributed by atoms with E-state index in [-0.39, 0.29) is 23.2 Å². The first kappa shape index (κ1) is 22.9. The van der Waals surface area contributed by atoms with E-state index >= 15 is 0 Å². The lowest BCUT2D eigenvalue weighted by molar-refractivity contribution is -0.116. The highest BCUT2D eigenvalue weighted by atomic mass is 35.5. The smallest absolute Gasteiger partial charge is 0.255 e. The predicted octanol–water partition coefficient (Wildman–Crippen LogP) is 4.01. The van der Waals surface area contributed by atoms with Gasteiger partial charge in [0.25, 0.3) is 5.56 Å². The molecule has 29 heavy (non-hydrogen) atoms. The van der Waals surface area contributed by atoms with Crippen LogP contribution >= 0.6 is 11.6 Å². The Bertz CT molecular complexity index is 834. The van der Waals surface area contributed by atoms with Crippen LogP contribution in [0.2, 0.25) is 0 Å². The monoisotopic (exact) mass is 418 g/mol. The summed E-state index contributed by atoms with van der Waals surface area (Å²) >= 11 is 5.50. The maximum absolute atomic E-state index is 11.9. The van der Waals surface area contributed by atoms with E-state index in [1.807, 2.05) is 6.92 Å². The highest BCUT2D eigenvalue weighted by molar-refractivity contribution is 6.27. The van der Waals surface area contributed by atoms with Gasteiger partial charge in [-0.15, -0.1) is 11.6 Å². The van der Waals surface area contributed by atoms with Crippen LogP contribution in [0.5, 0.6) is 0 Å². The fourth-order valence-electron chi connectivity index (χ4n) is 3.29. The van der Waals surface area contributed by atoms with Crippen LogP contribution in [0.25, 0.3) is 0 Å². The van der Waals surface area contributed by atoms with E-state index in [2.05, 4.69) is 39.6 Å². The third-order valence-corrected chi connectivity index (χ3v) is 5.25. The van der Waals surface area contributed by atoms with Crippen LogP contribution in [0, 0.1) is 6.92 Å². The number of carbonyl (C=O) groups excluding carboxylic acids is 1. The van der Waals surface area contributed by atoms with Crippen LogP contribution < -0.4 is 16.6 Å². The van der Waals surface area contributed by atoms with Gasteiger partial charge in [0.1, 0.15) is 5.78 Å². The number of nitrogens with one attached hydrogen (secondary N) is 2. The fourth-order valence-corrected chi connectivity index (χ4v) is 3.42. The average molecular weight is 419 g/mol. The maximum atomic E-state index is 11.9. The predicted molar refractivity (Wildman–Crippen MR) is 120 cm³/mol. The third kappa shape index (κ3) is 8.28. The summed E-state index contributed by atoms with van der Waals surface area (Å²) in [5, 5.41) is 3.39. The molecule has 2 aromatic rings. The number of hydrogen-bond donors (Lipinski definition) is 3. The second-order valence-corrected chi connectivity index (χ2v) is 7.60. The van der Waals surface area contributed by atoms with Gasteiger partial charge in [-0.25, -0.2) is 4.98 Å². The molecule has 0 saturated carbocycles. The van der Waals surface area contributed by atoms with Crippen LogP contribution in [0.3, 0.4) is 0 Å². The number of carbonyl (C=O) groups is 1. The summed E-state index contributed by atoms with van der Waals surface area (Å²) in [6.45, 7) is 2.59. The Morgan fingerprint density at radius 3 is 2.52 bits per heavy atom. The van der Waals surface area contributed by atoms with Gasteiger partial charge in [-0.2, -0.15) is 0 Å². The molecule has 0 fully saturated rings. The van der Waals surface area contributed by atoms with Crippen molar-refractivity contribution in [2.75, 3.05) is 23.5 Å². The summed E-state index contributed by atoms with van der Waals surface area (Å²) in [6.07, 6.45) is 7.43. The zero-order valence-electron chi connectivity index (χ0n) is 17.1. The van der Waals surface area contributed by atoms with Gasteiger partial charge >= 0.3 is 0 Å². The van der Waals surface area contributed by atoms with E-state index in [4.69, 9.17) is 17.3 Å². The molecule has 6 nitrogen and oxygen atoms in total. The number of aromatic nitrogens is 2. The van der Waals surface area contributed by atoms with E-state index in [0.717, 1.165) is 50.8 Å². The van der Waals surface area contributed by atoms with Crippen molar-refractivity contribution < 1.29 is 4.79 Å². The first-order valence-electron chi connectivity index (χ1n) is 10.3.